The van der Waals surface area contributed by atoms with E-state index in [0.29, 0.717) is 65.6 Å². The number of nitrogens with zero attached hydrogens (tertiary/aromatic N) is 2. The van der Waals surface area contributed by atoms with Gasteiger partial charge in [-0.1, -0.05) is 18.2 Å². The number of aryl methyl sites for hydroxylation is 1. The van der Waals surface area contributed by atoms with Gasteiger partial charge in [0, 0.05) is 53.6 Å². The number of nitrogens with one attached hydrogen (secondary N) is 2. The number of aromatic nitrogens is 2. The van der Waals surface area contributed by atoms with E-state index in [1.807, 2.05) is 18.3 Å². The molecule has 2 aliphatic rings. The van der Waals surface area contributed by atoms with Gasteiger partial charge < -0.3 is 34.0 Å². The Labute approximate surface area is 300 Å². The van der Waals surface area contributed by atoms with E-state index in [2.05, 4.69) is 27.4 Å². The quantitative estimate of drug-likeness (QED) is 0.0782. The van der Waals surface area contributed by atoms with Crippen molar-refractivity contribution in [1.82, 2.24) is 20.2 Å². The molecule has 6 rings (SSSR count). The molecular weight excluding hydrogens is 672 g/mol. The molecule has 1 aliphatic heterocycles. The summed E-state index contributed by atoms with van der Waals surface area (Å²) < 4.78 is 27.8. The highest BCUT2D eigenvalue weighted by molar-refractivity contribution is 6.24. The number of hydrogen-bond donors (Lipinski definition) is 2. The predicted molar refractivity (Wildman–Crippen MR) is 188 cm³/mol. The highest BCUT2D eigenvalue weighted by Crippen LogP contribution is 2.34. The molecule has 14 heteroatoms. The smallest absolute Gasteiger partial charge is 0.266 e. The number of ketones is 2. The lowest BCUT2D eigenvalue weighted by Gasteiger charge is -2.27. The van der Waals surface area contributed by atoms with Gasteiger partial charge >= 0.3 is 0 Å². The van der Waals surface area contributed by atoms with E-state index in [1.54, 1.807) is 18.3 Å². The maximum Gasteiger partial charge on any atom is 0.266 e. The van der Waals surface area contributed by atoms with Crippen LogP contribution >= 0.6 is 0 Å². The Hall–Kier alpha value is -5.02. The first-order valence-corrected chi connectivity index (χ1v) is 17.5. The zero-order valence-corrected chi connectivity index (χ0v) is 28.9. The molecule has 1 saturated carbocycles. The molecule has 0 bridgehead atoms. The number of H-pyrrole nitrogens is 1. The van der Waals surface area contributed by atoms with Gasteiger partial charge in [0.1, 0.15) is 18.1 Å². The zero-order valence-electron chi connectivity index (χ0n) is 28.9. The number of aromatic amines is 1. The molecule has 0 radical (unpaired) electrons. The Morgan fingerprint density at radius 1 is 0.827 bits per heavy atom. The summed E-state index contributed by atoms with van der Waals surface area (Å²) in [5, 5.41) is 5.09. The van der Waals surface area contributed by atoms with Gasteiger partial charge in [0.25, 0.3) is 11.8 Å². The van der Waals surface area contributed by atoms with Crippen molar-refractivity contribution in [2.45, 2.75) is 38.1 Å². The second-order valence-corrected chi connectivity index (χ2v) is 12.5. The van der Waals surface area contributed by atoms with Crippen LogP contribution in [0.2, 0.25) is 0 Å². The van der Waals surface area contributed by atoms with E-state index in [1.165, 1.54) is 6.07 Å². The highest BCUT2D eigenvalue weighted by atomic mass is 16.6. The van der Waals surface area contributed by atoms with Gasteiger partial charge in [-0.25, -0.2) is 0 Å². The average Bonchev–Trinajstić information content (AvgIpc) is 3.64. The molecule has 1 fully saturated rings. The van der Waals surface area contributed by atoms with E-state index >= 15 is 0 Å². The SMILES string of the molecule is O=C1CCC(N2C(=O)c3cccc(OCCOCCOCCOCCOCCNC(=O)CCc4ccc5c(c4)[nH]c4ccncc45)c3C2=O)C(=O)C1. The van der Waals surface area contributed by atoms with Gasteiger partial charge in [0.15, 0.2) is 5.78 Å². The number of benzene rings is 2. The van der Waals surface area contributed by atoms with Crippen molar-refractivity contribution in [3.63, 3.8) is 0 Å². The first-order chi connectivity index (χ1) is 25.4. The first kappa shape index (κ1) is 36.8. The second kappa shape index (κ2) is 18.0. The zero-order chi connectivity index (χ0) is 36.3. The van der Waals surface area contributed by atoms with Crippen LogP contribution in [0.15, 0.2) is 54.9 Å². The third-order valence-electron chi connectivity index (χ3n) is 8.93. The van der Waals surface area contributed by atoms with Gasteiger partial charge in [-0.15, -0.1) is 0 Å². The minimum Gasteiger partial charge on any atom is -0.490 e. The number of fused-ring (bicyclic) bond motifs is 4. The number of hydrogen-bond acceptors (Lipinski definition) is 11. The molecule has 1 atom stereocenters. The molecule has 52 heavy (non-hydrogen) atoms. The number of imide groups is 1. The highest BCUT2D eigenvalue weighted by Gasteiger charge is 2.45. The third kappa shape index (κ3) is 9.06. The number of pyridine rings is 1. The van der Waals surface area contributed by atoms with E-state index in [9.17, 15) is 24.0 Å². The van der Waals surface area contributed by atoms with Crippen LogP contribution in [-0.4, -0.2) is 116 Å². The predicted octanol–water partition coefficient (Wildman–Crippen LogP) is 3.20. The van der Waals surface area contributed by atoms with E-state index in [-0.39, 0.29) is 61.0 Å². The van der Waals surface area contributed by atoms with Crippen LogP contribution in [0.25, 0.3) is 21.8 Å². The van der Waals surface area contributed by atoms with Crippen LogP contribution < -0.4 is 10.1 Å². The summed E-state index contributed by atoms with van der Waals surface area (Å²) in [6.45, 7) is 3.48. The maximum atomic E-state index is 13.1. The van der Waals surface area contributed by atoms with E-state index in [0.717, 1.165) is 32.3 Å². The van der Waals surface area contributed by atoms with Crippen molar-refractivity contribution in [2.24, 2.45) is 0 Å². The Kier molecular flexibility index (Phi) is 12.7. The minimum absolute atomic E-state index is 0.0232. The number of ether oxygens (including phenoxy) is 5. The molecular formula is C38H42N4O10. The summed E-state index contributed by atoms with van der Waals surface area (Å²) in [4.78, 5) is 70.9. The molecule has 2 N–H and O–H groups in total. The summed E-state index contributed by atoms with van der Waals surface area (Å²) in [5.41, 5.74) is 3.48. The number of carbonyl (C=O) groups excluding carboxylic acids is 5. The van der Waals surface area contributed by atoms with Crippen molar-refractivity contribution in [3.8, 4) is 5.75 Å². The summed E-state index contributed by atoms with van der Waals surface area (Å²) in [7, 11) is 0. The minimum atomic E-state index is -0.930. The molecule has 0 saturated heterocycles. The van der Waals surface area contributed by atoms with Gasteiger partial charge in [-0.3, -0.25) is 33.9 Å². The van der Waals surface area contributed by atoms with Crippen molar-refractivity contribution in [1.29, 1.82) is 0 Å². The summed E-state index contributed by atoms with van der Waals surface area (Å²) in [6, 6.07) is 12.0. The van der Waals surface area contributed by atoms with E-state index < -0.39 is 23.6 Å². The topological polar surface area (TPSA) is 175 Å². The fourth-order valence-corrected chi connectivity index (χ4v) is 6.34. The molecule has 2 aromatic heterocycles. The molecule has 14 nitrogen and oxygen atoms in total. The lowest BCUT2D eigenvalue weighted by molar-refractivity contribution is -0.132. The third-order valence-corrected chi connectivity index (χ3v) is 8.93. The van der Waals surface area contributed by atoms with Crippen LogP contribution in [-0.2, 0) is 39.8 Å². The number of rotatable bonds is 20. The van der Waals surface area contributed by atoms with Gasteiger partial charge in [-0.2, -0.15) is 0 Å². The molecule has 3 heterocycles. The Bertz CT molecular complexity index is 1920. The molecule has 3 amide bonds. The number of carbonyl (C=O) groups is 5. The average molecular weight is 715 g/mol. The van der Waals surface area contributed by atoms with Crippen molar-refractivity contribution in [3.05, 3.63) is 71.5 Å². The number of Topliss-reactive ketones (excluding diaryl/α,β-unsaturated/α-hetero) is 2. The van der Waals surface area contributed by atoms with Crippen molar-refractivity contribution < 1.29 is 47.7 Å². The standard InChI is InChI=1S/C38H42N4O10/c43-26-6-8-32(33(44)23-26)42-37(46)28-2-1-3-34(36(28)38(42)47)52-21-20-51-19-18-50-17-16-49-15-14-48-13-12-40-35(45)9-5-25-4-7-27-29-24-39-11-10-30(29)41-31(27)22-25/h1-4,7,10-11,22,24,32,41H,5-6,8-9,12-21,23H2,(H,40,45). The fraction of sp³-hybridized carbons (Fsp3) is 0.421. The fourth-order valence-electron chi connectivity index (χ4n) is 6.34. The second-order valence-electron chi connectivity index (χ2n) is 12.5. The Morgan fingerprint density at radius 2 is 1.56 bits per heavy atom. The molecule has 274 valence electrons. The van der Waals surface area contributed by atoms with Crippen LogP contribution in [0.1, 0.15) is 52.0 Å². The molecule has 1 unspecified atom stereocenters. The molecule has 1 aliphatic carbocycles. The Morgan fingerprint density at radius 3 is 2.31 bits per heavy atom. The van der Waals surface area contributed by atoms with E-state index in [4.69, 9.17) is 23.7 Å². The largest absolute Gasteiger partial charge is 0.490 e. The molecule has 4 aromatic rings. The van der Waals surface area contributed by atoms with Crippen LogP contribution in [0.4, 0.5) is 0 Å². The maximum absolute atomic E-state index is 13.1. The van der Waals surface area contributed by atoms with Crippen LogP contribution in [0.5, 0.6) is 5.75 Å². The monoisotopic (exact) mass is 714 g/mol. The molecule has 2 aromatic carbocycles. The van der Waals surface area contributed by atoms with Gasteiger partial charge in [0.2, 0.25) is 5.91 Å². The Balaban J connectivity index is 0.747. The summed E-state index contributed by atoms with van der Waals surface area (Å²) >= 11 is 0. The van der Waals surface area contributed by atoms with Gasteiger partial charge in [-0.05, 0) is 42.7 Å². The van der Waals surface area contributed by atoms with Crippen molar-refractivity contribution in [2.75, 3.05) is 66.0 Å². The normalized spacial score (nSPS) is 15.9. The number of amides is 3. The first-order valence-electron chi connectivity index (χ1n) is 17.5. The lowest BCUT2D eigenvalue weighted by atomic mass is 9.92. The summed E-state index contributed by atoms with van der Waals surface area (Å²) in [5.74, 6) is -1.51. The van der Waals surface area contributed by atoms with Crippen LogP contribution in [0, 0.1) is 0 Å². The summed E-state index contributed by atoms with van der Waals surface area (Å²) in [6.07, 6.45) is 4.70. The van der Waals surface area contributed by atoms with Crippen molar-refractivity contribution >= 4 is 51.1 Å². The molecule has 0 spiro atoms. The van der Waals surface area contributed by atoms with Gasteiger partial charge in [0.05, 0.1) is 76.4 Å². The lowest BCUT2D eigenvalue weighted by Crippen LogP contribution is -2.47. The van der Waals surface area contributed by atoms with Crippen LogP contribution in [0.3, 0.4) is 0 Å².